The number of fused-ring (bicyclic) bond motifs is 2. The van der Waals surface area contributed by atoms with Crippen LogP contribution in [0.15, 0.2) is 0 Å². The average Bonchev–Trinajstić information content (AvgIpc) is 2.78. The second-order valence-electron chi connectivity index (χ2n) is 7.08. The molecule has 2 bridgehead atoms. The third kappa shape index (κ3) is 1.92. The first-order valence-corrected chi connectivity index (χ1v) is 7.54. The Morgan fingerprint density at radius 1 is 1.21 bits per heavy atom. The van der Waals surface area contributed by atoms with Crippen molar-refractivity contribution in [3.63, 3.8) is 0 Å². The van der Waals surface area contributed by atoms with Crippen molar-refractivity contribution < 1.29 is 9.59 Å². The monoisotopic (exact) mass is 264 g/mol. The number of nitrogens with zero attached hydrogens (tertiary/aromatic N) is 1. The molecule has 0 saturated carbocycles. The SMILES string of the molecule is CC(C)C1(C)CC(=O)N(C2CC3CCC(C2)N3)C1=O. The van der Waals surface area contributed by atoms with Gasteiger partial charge >= 0.3 is 0 Å². The Morgan fingerprint density at radius 2 is 1.79 bits per heavy atom. The van der Waals surface area contributed by atoms with Crippen LogP contribution in [0.1, 0.15) is 52.9 Å². The van der Waals surface area contributed by atoms with Gasteiger partial charge in [-0.3, -0.25) is 14.5 Å². The lowest BCUT2D eigenvalue weighted by Gasteiger charge is -2.35. The number of hydrogen-bond donors (Lipinski definition) is 1. The predicted octanol–water partition coefficient (Wildman–Crippen LogP) is 1.69. The van der Waals surface area contributed by atoms with Crippen LogP contribution in [0.3, 0.4) is 0 Å². The molecule has 3 saturated heterocycles. The largest absolute Gasteiger partial charge is 0.311 e. The summed E-state index contributed by atoms with van der Waals surface area (Å²) in [6.45, 7) is 6.04. The molecule has 3 heterocycles. The molecule has 0 aliphatic carbocycles. The molecule has 4 heteroatoms. The molecule has 0 aromatic rings. The Bertz CT molecular complexity index is 408. The molecule has 3 rings (SSSR count). The third-order valence-corrected chi connectivity index (χ3v) is 5.58. The molecule has 19 heavy (non-hydrogen) atoms. The number of rotatable bonds is 2. The van der Waals surface area contributed by atoms with Crippen LogP contribution in [0.5, 0.6) is 0 Å². The molecule has 0 radical (unpaired) electrons. The molecule has 3 atom stereocenters. The Balaban J connectivity index is 1.82. The molecule has 3 unspecified atom stereocenters. The summed E-state index contributed by atoms with van der Waals surface area (Å²) in [5.74, 6) is 0.332. The van der Waals surface area contributed by atoms with E-state index in [9.17, 15) is 9.59 Å². The number of piperidine rings is 1. The Labute approximate surface area is 114 Å². The fourth-order valence-corrected chi connectivity index (χ4v) is 3.92. The van der Waals surface area contributed by atoms with Gasteiger partial charge in [-0.15, -0.1) is 0 Å². The molecule has 3 aliphatic heterocycles. The average molecular weight is 264 g/mol. The quantitative estimate of drug-likeness (QED) is 0.772. The van der Waals surface area contributed by atoms with Crippen LogP contribution >= 0.6 is 0 Å². The van der Waals surface area contributed by atoms with E-state index < -0.39 is 5.41 Å². The van der Waals surface area contributed by atoms with Crippen molar-refractivity contribution in [3.8, 4) is 0 Å². The predicted molar refractivity (Wildman–Crippen MR) is 72.4 cm³/mol. The minimum atomic E-state index is -0.485. The summed E-state index contributed by atoms with van der Waals surface area (Å²) in [6, 6.07) is 1.16. The second-order valence-corrected chi connectivity index (χ2v) is 7.08. The molecule has 0 spiro atoms. The zero-order valence-electron chi connectivity index (χ0n) is 12.1. The maximum atomic E-state index is 12.7. The van der Waals surface area contributed by atoms with Crippen molar-refractivity contribution in [2.75, 3.05) is 0 Å². The standard InChI is InChI=1S/C15H24N2O2/c1-9(2)15(3)8-13(18)17(14(15)19)12-6-10-4-5-11(7-12)16-10/h9-12,16H,4-8H2,1-3H3. The van der Waals surface area contributed by atoms with Crippen LogP contribution in [0.25, 0.3) is 0 Å². The first kappa shape index (κ1) is 13.1. The lowest BCUT2D eigenvalue weighted by atomic mass is 9.77. The van der Waals surface area contributed by atoms with Crippen LogP contribution in [0, 0.1) is 11.3 Å². The molecular formula is C15H24N2O2. The second kappa shape index (κ2) is 4.30. The van der Waals surface area contributed by atoms with Gasteiger partial charge in [0, 0.05) is 24.5 Å². The highest BCUT2D eigenvalue weighted by atomic mass is 16.2. The number of hydrogen-bond acceptors (Lipinski definition) is 3. The van der Waals surface area contributed by atoms with Crippen molar-refractivity contribution >= 4 is 11.8 Å². The van der Waals surface area contributed by atoms with Gasteiger partial charge in [-0.05, 0) is 38.5 Å². The van der Waals surface area contributed by atoms with Crippen LogP contribution < -0.4 is 5.32 Å². The van der Waals surface area contributed by atoms with Crippen molar-refractivity contribution in [1.82, 2.24) is 10.2 Å². The molecule has 4 nitrogen and oxygen atoms in total. The molecule has 106 valence electrons. The number of amides is 2. The van der Waals surface area contributed by atoms with Gasteiger partial charge < -0.3 is 5.32 Å². The van der Waals surface area contributed by atoms with Gasteiger partial charge in [0.1, 0.15) is 0 Å². The molecule has 2 amide bonds. The minimum Gasteiger partial charge on any atom is -0.311 e. The minimum absolute atomic E-state index is 0.0486. The summed E-state index contributed by atoms with van der Waals surface area (Å²) < 4.78 is 0. The highest BCUT2D eigenvalue weighted by molar-refractivity contribution is 6.06. The van der Waals surface area contributed by atoms with Gasteiger partial charge in [0.05, 0.1) is 5.41 Å². The zero-order valence-corrected chi connectivity index (χ0v) is 12.1. The Kier molecular flexibility index (Phi) is 2.97. The van der Waals surface area contributed by atoms with Gasteiger partial charge in [0.25, 0.3) is 0 Å². The maximum absolute atomic E-state index is 12.7. The van der Waals surface area contributed by atoms with E-state index in [4.69, 9.17) is 0 Å². The van der Waals surface area contributed by atoms with Crippen LogP contribution in [-0.2, 0) is 9.59 Å². The van der Waals surface area contributed by atoms with Crippen molar-refractivity contribution in [1.29, 1.82) is 0 Å². The number of nitrogens with one attached hydrogen (secondary N) is 1. The first-order chi connectivity index (χ1) is 8.91. The summed E-state index contributed by atoms with van der Waals surface area (Å²) in [4.78, 5) is 26.6. The van der Waals surface area contributed by atoms with Crippen molar-refractivity contribution in [2.45, 2.75) is 71.0 Å². The lowest BCUT2D eigenvalue weighted by Crippen LogP contribution is -2.51. The first-order valence-electron chi connectivity index (χ1n) is 7.54. The Hall–Kier alpha value is -0.900. The van der Waals surface area contributed by atoms with E-state index in [1.54, 1.807) is 4.90 Å². The van der Waals surface area contributed by atoms with Gasteiger partial charge in [-0.25, -0.2) is 0 Å². The zero-order chi connectivity index (χ0) is 13.8. The number of imide groups is 1. The molecule has 3 fully saturated rings. The van der Waals surface area contributed by atoms with Gasteiger partial charge in [0.2, 0.25) is 11.8 Å². The molecule has 0 aromatic heterocycles. The van der Waals surface area contributed by atoms with Crippen LogP contribution in [0.4, 0.5) is 0 Å². The smallest absolute Gasteiger partial charge is 0.236 e. The number of carbonyl (C=O) groups excluding carboxylic acids is 2. The summed E-state index contributed by atoms with van der Waals surface area (Å²) in [7, 11) is 0. The summed E-state index contributed by atoms with van der Waals surface area (Å²) in [6.07, 6.45) is 4.67. The molecule has 0 aromatic carbocycles. The highest BCUT2D eigenvalue weighted by Gasteiger charge is 2.53. The summed E-state index contributed by atoms with van der Waals surface area (Å²) >= 11 is 0. The van der Waals surface area contributed by atoms with Crippen molar-refractivity contribution in [3.05, 3.63) is 0 Å². The van der Waals surface area contributed by atoms with E-state index in [0.29, 0.717) is 18.5 Å². The van der Waals surface area contributed by atoms with Crippen LogP contribution in [-0.4, -0.2) is 34.8 Å². The van der Waals surface area contributed by atoms with Gasteiger partial charge in [-0.2, -0.15) is 0 Å². The molecular weight excluding hydrogens is 240 g/mol. The van der Waals surface area contributed by atoms with E-state index in [1.165, 1.54) is 12.8 Å². The summed E-state index contributed by atoms with van der Waals surface area (Å²) in [5, 5.41) is 3.57. The fourth-order valence-electron chi connectivity index (χ4n) is 3.92. The Morgan fingerprint density at radius 3 is 2.26 bits per heavy atom. The topological polar surface area (TPSA) is 49.4 Å². The van der Waals surface area contributed by atoms with Crippen LogP contribution in [0.2, 0.25) is 0 Å². The lowest BCUT2D eigenvalue weighted by molar-refractivity contribution is -0.145. The third-order valence-electron chi connectivity index (χ3n) is 5.58. The molecule has 3 aliphatic rings. The highest BCUT2D eigenvalue weighted by Crippen LogP contribution is 2.42. The maximum Gasteiger partial charge on any atom is 0.236 e. The van der Waals surface area contributed by atoms with E-state index in [2.05, 4.69) is 5.32 Å². The normalized spacial score (nSPS) is 42.5. The molecule has 1 N–H and O–H groups in total. The van der Waals surface area contributed by atoms with Gasteiger partial charge in [-0.1, -0.05) is 13.8 Å². The van der Waals surface area contributed by atoms with Gasteiger partial charge in [0.15, 0.2) is 0 Å². The van der Waals surface area contributed by atoms with E-state index >= 15 is 0 Å². The number of likely N-dealkylation sites (tertiary alicyclic amines) is 1. The van der Waals surface area contributed by atoms with E-state index in [1.807, 2.05) is 20.8 Å². The van der Waals surface area contributed by atoms with E-state index in [-0.39, 0.29) is 23.8 Å². The summed E-state index contributed by atoms with van der Waals surface area (Å²) in [5.41, 5.74) is -0.485. The van der Waals surface area contributed by atoms with Crippen molar-refractivity contribution in [2.24, 2.45) is 11.3 Å². The number of carbonyl (C=O) groups is 2. The fraction of sp³-hybridized carbons (Fsp3) is 0.867. The van der Waals surface area contributed by atoms with E-state index in [0.717, 1.165) is 12.8 Å².